The first kappa shape index (κ1) is 30.2. The van der Waals surface area contributed by atoms with Crippen molar-refractivity contribution in [2.75, 3.05) is 20.8 Å². The van der Waals surface area contributed by atoms with E-state index in [1.54, 1.807) is 0 Å². The average Bonchev–Trinajstić information content (AvgIpc) is 2.97. The zero-order chi connectivity index (χ0) is 30.5. The van der Waals surface area contributed by atoms with Gasteiger partial charge in [-0.3, -0.25) is 4.79 Å². The number of aromatic hydroxyl groups is 1. The fourth-order valence-electron chi connectivity index (χ4n) is 5.01. The Kier molecular flexibility index (Phi) is 8.48. The van der Waals surface area contributed by atoms with Gasteiger partial charge in [-0.1, -0.05) is 0 Å². The van der Waals surface area contributed by atoms with Crippen LogP contribution in [0.1, 0.15) is 6.92 Å². The van der Waals surface area contributed by atoms with Crippen LogP contribution >= 0.6 is 0 Å². The molecule has 0 bridgehead atoms. The maximum Gasteiger partial charge on any atom is 0.229 e. The molecule has 2 saturated heterocycles. The number of phenols is 1. The molecule has 7 N–H and O–H groups in total. The van der Waals surface area contributed by atoms with E-state index in [0.29, 0.717) is 0 Å². The van der Waals surface area contributed by atoms with Crippen molar-refractivity contribution < 1.29 is 68.6 Å². The number of fused-ring (bicyclic) bond motifs is 2. The first-order chi connectivity index (χ1) is 20.0. The number of methoxy groups -OCH3 is 2. The number of benzene rings is 2. The van der Waals surface area contributed by atoms with Crippen LogP contribution in [-0.4, -0.2) is 118 Å². The van der Waals surface area contributed by atoms with E-state index < -0.39 is 73.4 Å². The first-order valence-corrected chi connectivity index (χ1v) is 13.0. The van der Waals surface area contributed by atoms with E-state index in [-0.39, 0.29) is 44.9 Å². The summed E-state index contributed by atoms with van der Waals surface area (Å²) in [4.78, 5) is 13.3. The summed E-state index contributed by atoms with van der Waals surface area (Å²) in [5.41, 5.74) is -0.531. The molecule has 10 atom stereocenters. The number of aliphatic hydroxyl groups excluding tert-OH is 6. The second-order valence-electron chi connectivity index (χ2n) is 10.1. The molecule has 0 amide bonds. The summed E-state index contributed by atoms with van der Waals surface area (Å²) in [6.45, 7) is 0.720. The lowest BCUT2D eigenvalue weighted by Crippen LogP contribution is -2.64. The van der Waals surface area contributed by atoms with Gasteiger partial charge in [-0.05, 0) is 13.0 Å². The van der Waals surface area contributed by atoms with Crippen molar-refractivity contribution in [3.05, 3.63) is 34.5 Å². The molecule has 230 valence electrons. The van der Waals surface area contributed by atoms with Gasteiger partial charge in [-0.25, -0.2) is 0 Å². The van der Waals surface area contributed by atoms with E-state index in [1.807, 2.05) is 0 Å². The van der Waals surface area contributed by atoms with Crippen LogP contribution in [0.3, 0.4) is 0 Å². The lowest BCUT2D eigenvalue weighted by Gasteiger charge is -2.45. The van der Waals surface area contributed by atoms with Gasteiger partial charge < -0.3 is 68.6 Å². The maximum atomic E-state index is 13.3. The van der Waals surface area contributed by atoms with Gasteiger partial charge in [-0.2, -0.15) is 0 Å². The molecule has 3 heterocycles. The summed E-state index contributed by atoms with van der Waals surface area (Å²) in [7, 11) is 2.68. The predicted octanol–water partition coefficient (Wildman–Crippen LogP) is -1.30. The minimum Gasteiger partial charge on any atom is -0.507 e. The molecule has 2 aliphatic heterocycles. The van der Waals surface area contributed by atoms with E-state index in [0.717, 1.165) is 0 Å². The van der Waals surface area contributed by atoms with E-state index in [2.05, 4.69) is 0 Å². The number of ether oxygens (including phenoxy) is 6. The van der Waals surface area contributed by atoms with Crippen molar-refractivity contribution in [2.24, 2.45) is 0 Å². The van der Waals surface area contributed by atoms with Crippen LogP contribution in [-0.2, 0) is 14.2 Å². The fourth-order valence-corrected chi connectivity index (χ4v) is 5.01. The van der Waals surface area contributed by atoms with E-state index >= 15 is 0 Å². The molecule has 5 rings (SSSR count). The zero-order valence-corrected chi connectivity index (χ0v) is 22.7. The van der Waals surface area contributed by atoms with Gasteiger partial charge in [0.05, 0.1) is 32.3 Å². The smallest absolute Gasteiger partial charge is 0.229 e. The Hall–Kier alpha value is -3.25. The summed E-state index contributed by atoms with van der Waals surface area (Å²) in [5, 5.41) is 72.1. The number of phenolic OH excluding ortho intramolecular Hbond substituents is 1. The topological polar surface area (TPSA) is 227 Å². The average molecular weight is 597 g/mol. The third-order valence-corrected chi connectivity index (χ3v) is 7.42. The van der Waals surface area contributed by atoms with Gasteiger partial charge >= 0.3 is 0 Å². The molecule has 42 heavy (non-hydrogen) atoms. The summed E-state index contributed by atoms with van der Waals surface area (Å²) < 4.78 is 39.3. The lowest BCUT2D eigenvalue weighted by atomic mass is 9.97. The predicted molar refractivity (Wildman–Crippen MR) is 140 cm³/mol. The van der Waals surface area contributed by atoms with Crippen LogP contribution in [0.5, 0.6) is 23.0 Å². The molecule has 1 aromatic heterocycles. The molecule has 2 aliphatic rings. The molecule has 0 spiro atoms. The van der Waals surface area contributed by atoms with Crippen molar-refractivity contribution in [1.29, 1.82) is 0 Å². The van der Waals surface area contributed by atoms with Crippen LogP contribution in [0.2, 0.25) is 0 Å². The van der Waals surface area contributed by atoms with Gasteiger partial charge in [0.1, 0.15) is 64.7 Å². The molecule has 0 saturated carbocycles. The molecule has 0 radical (unpaired) electrons. The zero-order valence-electron chi connectivity index (χ0n) is 22.7. The van der Waals surface area contributed by atoms with E-state index in [1.165, 1.54) is 45.4 Å². The van der Waals surface area contributed by atoms with Crippen LogP contribution < -0.4 is 19.6 Å². The van der Waals surface area contributed by atoms with Crippen molar-refractivity contribution >= 4 is 21.9 Å². The number of aliphatic hydroxyl groups is 6. The molecule has 2 aromatic carbocycles. The van der Waals surface area contributed by atoms with Crippen molar-refractivity contribution in [2.45, 2.75) is 68.3 Å². The Morgan fingerprint density at radius 3 is 2.21 bits per heavy atom. The second kappa shape index (κ2) is 11.8. The Morgan fingerprint density at radius 2 is 1.55 bits per heavy atom. The molecular formula is C27H32O15. The highest BCUT2D eigenvalue weighted by molar-refractivity contribution is 5.95. The number of hydrogen-bond acceptors (Lipinski definition) is 15. The van der Waals surface area contributed by atoms with Crippen LogP contribution in [0.4, 0.5) is 0 Å². The Balaban J connectivity index is 1.54. The molecule has 15 heteroatoms. The van der Waals surface area contributed by atoms with Gasteiger partial charge in [0.2, 0.25) is 11.7 Å². The van der Waals surface area contributed by atoms with Gasteiger partial charge in [0.25, 0.3) is 0 Å². The highest BCUT2D eigenvalue weighted by Gasteiger charge is 2.51. The summed E-state index contributed by atoms with van der Waals surface area (Å²) in [6, 6.07) is 5.29. The van der Waals surface area contributed by atoms with Crippen LogP contribution in [0, 0.1) is 0 Å². The number of rotatable bonds is 7. The van der Waals surface area contributed by atoms with Crippen molar-refractivity contribution in [3.63, 3.8) is 0 Å². The van der Waals surface area contributed by atoms with Gasteiger partial charge in [0.15, 0.2) is 23.9 Å². The number of hydrogen-bond donors (Lipinski definition) is 7. The largest absolute Gasteiger partial charge is 0.507 e. The highest BCUT2D eigenvalue weighted by atomic mass is 16.8. The first-order valence-electron chi connectivity index (χ1n) is 13.0. The molecule has 10 unspecified atom stereocenters. The molecular weight excluding hydrogens is 564 g/mol. The molecule has 0 aliphatic carbocycles. The van der Waals surface area contributed by atoms with Crippen LogP contribution in [0.25, 0.3) is 21.9 Å². The summed E-state index contributed by atoms with van der Waals surface area (Å²) >= 11 is 0. The highest BCUT2D eigenvalue weighted by Crippen LogP contribution is 2.38. The normalized spacial score (nSPS) is 33.5. The van der Waals surface area contributed by atoms with Gasteiger partial charge in [-0.15, -0.1) is 0 Å². The Labute approximate surface area is 237 Å². The summed E-state index contributed by atoms with van der Waals surface area (Å²) in [5.74, 6) is -0.180. The second-order valence-corrected chi connectivity index (χ2v) is 10.1. The maximum absolute atomic E-state index is 13.3. The van der Waals surface area contributed by atoms with E-state index in [4.69, 9.17) is 32.8 Å². The standard InChI is InChI=1S/C27H32O15/c1-9-19(30)22(33)24(35)26(38-9)42-25-23(34)21(32)17(8-28)41-27(25)40-15-7-13-11(6-14(15)37-3)20(31)18-12(29)4-10(36-2)5-16(18)39-13/h4-7,9,17,19,21-30,32-35H,8H2,1-3H3. The van der Waals surface area contributed by atoms with E-state index in [9.17, 15) is 40.5 Å². The Morgan fingerprint density at radius 1 is 0.810 bits per heavy atom. The Bertz CT molecular complexity index is 1490. The third kappa shape index (κ3) is 5.23. The minimum absolute atomic E-state index is 0.00628. The lowest BCUT2D eigenvalue weighted by molar-refractivity contribution is -0.354. The monoisotopic (exact) mass is 596 g/mol. The van der Waals surface area contributed by atoms with Crippen LogP contribution in [0.15, 0.2) is 33.5 Å². The summed E-state index contributed by atoms with van der Waals surface area (Å²) in [6.07, 6.45) is -15.3. The molecule has 2 fully saturated rings. The van der Waals surface area contributed by atoms with Crippen molar-refractivity contribution in [3.8, 4) is 23.0 Å². The SMILES string of the molecule is COc1cc(O)c2c(=O)c3cc(OC)c(OC4OC(CO)C(O)C(O)C4OC4OC(C)C(O)C(O)C4O)cc3oc2c1. The third-order valence-electron chi connectivity index (χ3n) is 7.42. The quantitative estimate of drug-likeness (QED) is 0.157. The molecule has 3 aromatic rings. The minimum atomic E-state index is -1.75. The van der Waals surface area contributed by atoms with Crippen molar-refractivity contribution in [1.82, 2.24) is 0 Å². The van der Waals surface area contributed by atoms with Gasteiger partial charge in [0, 0.05) is 18.2 Å². The molecule has 15 nitrogen and oxygen atoms in total. The fraction of sp³-hybridized carbons (Fsp3) is 0.519.